The van der Waals surface area contributed by atoms with E-state index in [1.807, 2.05) is 0 Å². The van der Waals surface area contributed by atoms with Crippen LogP contribution in [-0.4, -0.2) is 37.5 Å². The Morgan fingerprint density at radius 2 is 1.43 bits per heavy atom. The van der Waals surface area contributed by atoms with Crippen molar-refractivity contribution in [2.24, 2.45) is 0 Å². The van der Waals surface area contributed by atoms with Gasteiger partial charge in [0, 0.05) is 0 Å². The Balaban J connectivity index is -0.000000317. The minimum absolute atomic E-state index is 0. The minimum atomic E-state index is -2.32. The second-order valence-corrected chi connectivity index (χ2v) is 4.73. The molecule has 0 aromatic carbocycles. The standard InChI is InChI=1S/C8H18O3S.C4H6O4.Na/c1-2-3-4-5-6-7-8-11-12(9)10;5-3(6)1-2-4(7)8;/h2-8H2,1H3,(H,9,10);1-2H2,(H,5,6)(H,7,8);/q;;+1/p-1. The van der Waals surface area contributed by atoms with E-state index in [1.165, 1.54) is 25.7 Å². The van der Waals surface area contributed by atoms with Gasteiger partial charge in [-0.3, -0.25) is 9.59 Å². The van der Waals surface area contributed by atoms with E-state index >= 15 is 0 Å². The van der Waals surface area contributed by atoms with E-state index in [0.717, 1.165) is 12.8 Å². The van der Waals surface area contributed by atoms with Crippen molar-refractivity contribution in [2.45, 2.75) is 58.3 Å². The van der Waals surface area contributed by atoms with Crippen molar-refractivity contribution in [1.29, 1.82) is 0 Å². The van der Waals surface area contributed by atoms with Crippen LogP contribution in [0.4, 0.5) is 0 Å². The van der Waals surface area contributed by atoms with Crippen LogP contribution in [-0.2, 0) is 25.1 Å². The maximum Gasteiger partial charge on any atom is 1.00 e. The Morgan fingerprint density at radius 1 is 1.00 bits per heavy atom. The molecule has 7 nitrogen and oxygen atoms in total. The van der Waals surface area contributed by atoms with Crippen LogP contribution in [0, 0.1) is 0 Å². The van der Waals surface area contributed by atoms with Crippen molar-refractivity contribution >= 4 is 23.3 Å². The molecular formula is C12H23NaO7S. The molecule has 1 unspecified atom stereocenters. The van der Waals surface area contributed by atoms with Gasteiger partial charge >= 0.3 is 41.5 Å². The molecular weight excluding hydrogens is 311 g/mol. The summed E-state index contributed by atoms with van der Waals surface area (Å²) in [6.45, 7) is 2.51. The molecule has 0 bridgehead atoms. The van der Waals surface area contributed by atoms with Crippen molar-refractivity contribution in [3.8, 4) is 0 Å². The molecule has 0 aliphatic carbocycles. The molecule has 0 amide bonds. The van der Waals surface area contributed by atoms with E-state index in [9.17, 15) is 18.4 Å². The number of unbranched alkanes of at least 4 members (excludes halogenated alkanes) is 5. The third kappa shape index (κ3) is 33.1. The van der Waals surface area contributed by atoms with Crippen molar-refractivity contribution in [3.05, 3.63) is 0 Å². The normalized spacial score (nSPS) is 10.8. The van der Waals surface area contributed by atoms with Gasteiger partial charge in [-0.2, -0.15) is 0 Å². The first-order chi connectivity index (χ1) is 9.40. The molecule has 0 aliphatic rings. The van der Waals surface area contributed by atoms with Gasteiger partial charge in [0.25, 0.3) is 0 Å². The zero-order chi connectivity index (χ0) is 15.8. The number of hydrogen-bond acceptors (Lipinski definition) is 5. The molecule has 0 fully saturated rings. The number of rotatable bonds is 11. The molecule has 1 atom stereocenters. The smallest absolute Gasteiger partial charge is 0.750 e. The maximum absolute atomic E-state index is 9.91. The second-order valence-electron chi connectivity index (χ2n) is 4.08. The van der Waals surface area contributed by atoms with Gasteiger partial charge in [0.1, 0.15) is 0 Å². The van der Waals surface area contributed by atoms with Crippen LogP contribution in [0.25, 0.3) is 0 Å². The quantitative estimate of drug-likeness (QED) is 0.285. The Bertz CT molecular complexity index is 273. The first kappa shape index (κ1) is 25.9. The molecule has 0 saturated carbocycles. The predicted octanol–water partition coefficient (Wildman–Crippen LogP) is -0.903. The molecule has 0 aromatic heterocycles. The maximum atomic E-state index is 9.91. The van der Waals surface area contributed by atoms with Gasteiger partial charge in [0.15, 0.2) is 0 Å². The molecule has 0 heterocycles. The first-order valence-electron chi connectivity index (χ1n) is 6.56. The van der Waals surface area contributed by atoms with Crippen LogP contribution in [0.1, 0.15) is 58.3 Å². The molecule has 2 N–H and O–H groups in total. The summed E-state index contributed by atoms with van der Waals surface area (Å²) < 4.78 is 24.2. The fourth-order valence-electron chi connectivity index (χ4n) is 1.22. The van der Waals surface area contributed by atoms with Crippen LogP contribution < -0.4 is 29.6 Å². The second kappa shape index (κ2) is 20.0. The van der Waals surface area contributed by atoms with Crippen molar-refractivity contribution in [1.82, 2.24) is 0 Å². The van der Waals surface area contributed by atoms with Crippen molar-refractivity contribution in [2.75, 3.05) is 6.61 Å². The van der Waals surface area contributed by atoms with Gasteiger partial charge in [0.2, 0.25) is 0 Å². The third-order valence-electron chi connectivity index (χ3n) is 2.23. The fourth-order valence-corrected chi connectivity index (χ4v) is 1.48. The summed E-state index contributed by atoms with van der Waals surface area (Å²) in [5.74, 6) is -2.15. The Hall–Kier alpha value is 0.0100. The van der Waals surface area contributed by atoms with Crippen molar-refractivity contribution in [3.63, 3.8) is 0 Å². The van der Waals surface area contributed by atoms with Gasteiger partial charge in [-0.1, -0.05) is 39.0 Å². The zero-order valence-corrected chi connectivity index (χ0v) is 15.5. The van der Waals surface area contributed by atoms with E-state index in [-0.39, 0.29) is 42.4 Å². The number of carboxylic acids is 2. The first-order valence-corrected chi connectivity index (χ1v) is 7.56. The van der Waals surface area contributed by atoms with Gasteiger partial charge in [0.05, 0.1) is 30.8 Å². The van der Waals surface area contributed by atoms with Crippen LogP contribution in [0.15, 0.2) is 0 Å². The van der Waals surface area contributed by atoms with E-state index in [4.69, 9.17) is 10.2 Å². The summed E-state index contributed by atoms with van der Waals surface area (Å²) in [5, 5.41) is 15.8. The monoisotopic (exact) mass is 334 g/mol. The summed E-state index contributed by atoms with van der Waals surface area (Å²) in [4.78, 5) is 19.3. The zero-order valence-electron chi connectivity index (χ0n) is 12.7. The van der Waals surface area contributed by atoms with E-state index in [0.29, 0.717) is 6.61 Å². The number of carboxylic acid groups (broad SMARTS) is 2. The average Bonchev–Trinajstić information content (AvgIpc) is 2.36. The third-order valence-corrected chi connectivity index (χ3v) is 2.59. The van der Waals surface area contributed by atoms with E-state index in [1.54, 1.807) is 0 Å². The van der Waals surface area contributed by atoms with Crippen LogP contribution in [0.3, 0.4) is 0 Å². The Morgan fingerprint density at radius 3 is 1.81 bits per heavy atom. The van der Waals surface area contributed by atoms with Crippen LogP contribution in [0.5, 0.6) is 0 Å². The largest absolute Gasteiger partial charge is 1.00 e. The molecule has 21 heavy (non-hydrogen) atoms. The molecule has 9 heteroatoms. The molecule has 0 saturated heterocycles. The van der Waals surface area contributed by atoms with Gasteiger partial charge < -0.3 is 18.9 Å². The summed E-state index contributed by atoms with van der Waals surface area (Å²) in [5.41, 5.74) is 0. The van der Waals surface area contributed by atoms with E-state index in [2.05, 4.69) is 11.1 Å². The number of hydrogen-bond donors (Lipinski definition) is 2. The SMILES string of the molecule is CCCCCCCCOS(=O)[O-].O=C(O)CCC(=O)O.[Na+]. The molecule has 120 valence electrons. The van der Waals surface area contributed by atoms with Gasteiger partial charge in [-0.25, -0.2) is 4.21 Å². The minimum Gasteiger partial charge on any atom is -0.750 e. The summed E-state index contributed by atoms with van der Waals surface area (Å²) in [7, 11) is 0. The molecule has 0 rings (SSSR count). The Kier molecular flexibility index (Phi) is 24.7. The molecule has 0 aliphatic heterocycles. The Labute approximate surface area is 150 Å². The van der Waals surface area contributed by atoms with Gasteiger partial charge in [-0.15, -0.1) is 0 Å². The fraction of sp³-hybridized carbons (Fsp3) is 0.833. The molecule has 0 spiro atoms. The summed E-state index contributed by atoms with van der Waals surface area (Å²) in [6.07, 6.45) is 6.26. The number of aliphatic carboxylic acids is 2. The van der Waals surface area contributed by atoms with Crippen LogP contribution >= 0.6 is 0 Å². The predicted molar refractivity (Wildman–Crippen MR) is 72.8 cm³/mol. The average molecular weight is 334 g/mol. The van der Waals surface area contributed by atoms with Crippen molar-refractivity contribution < 1.29 is 62.3 Å². The van der Waals surface area contributed by atoms with Crippen LogP contribution in [0.2, 0.25) is 0 Å². The molecule has 0 radical (unpaired) electrons. The number of carbonyl (C=O) groups is 2. The van der Waals surface area contributed by atoms with E-state index < -0.39 is 23.3 Å². The topological polar surface area (TPSA) is 124 Å². The summed E-state index contributed by atoms with van der Waals surface area (Å²) >= 11 is -2.32. The summed E-state index contributed by atoms with van der Waals surface area (Å²) in [6, 6.07) is 0. The van der Waals surface area contributed by atoms with Gasteiger partial charge in [-0.05, 0) is 6.42 Å². The molecule has 0 aromatic rings.